The van der Waals surface area contributed by atoms with Crippen molar-refractivity contribution in [1.82, 2.24) is 0 Å². The molecule has 0 saturated carbocycles. The molecule has 0 aliphatic carbocycles. The number of halogens is 1. The third kappa shape index (κ3) is 4.36. The highest BCUT2D eigenvalue weighted by molar-refractivity contribution is 6.36. The summed E-state index contributed by atoms with van der Waals surface area (Å²) in [6.45, 7) is 0. The van der Waals surface area contributed by atoms with Gasteiger partial charge in [0.05, 0.1) is 6.42 Å². The second-order valence-electron chi connectivity index (χ2n) is 3.54. The first kappa shape index (κ1) is 13.4. The van der Waals surface area contributed by atoms with Crippen molar-refractivity contribution in [3.8, 4) is 0 Å². The van der Waals surface area contributed by atoms with Gasteiger partial charge in [0.25, 0.3) is 0 Å². The average molecular weight is 255 g/mol. The monoisotopic (exact) mass is 254 g/mol. The van der Waals surface area contributed by atoms with E-state index in [4.69, 9.17) is 16.7 Å². The van der Waals surface area contributed by atoms with Gasteiger partial charge in [-0.3, -0.25) is 9.59 Å². The summed E-state index contributed by atoms with van der Waals surface area (Å²) in [5, 5.41) is 8.90. The number of carboxylic acids is 1. The normalized spacial score (nSPS) is 9.94. The summed E-state index contributed by atoms with van der Waals surface area (Å²) in [5.41, 5.74) is 0.810. The van der Waals surface area contributed by atoms with Crippen LogP contribution in [0.3, 0.4) is 0 Å². The molecule has 0 bridgehead atoms. The van der Waals surface area contributed by atoms with Gasteiger partial charge in [-0.2, -0.15) is 0 Å². The Kier molecular flexibility index (Phi) is 4.84. The lowest BCUT2D eigenvalue weighted by Gasteiger charge is -2.02. The molecule has 0 aromatic heterocycles. The maximum Gasteiger partial charge on any atom is 0.372 e. The number of carboxylic acid groups (broad SMARTS) is 1. The van der Waals surface area contributed by atoms with E-state index in [0.29, 0.717) is 11.4 Å². The van der Waals surface area contributed by atoms with Crippen molar-refractivity contribution in [2.24, 2.45) is 0 Å². The van der Waals surface area contributed by atoms with E-state index in [-0.39, 0.29) is 6.42 Å². The smallest absolute Gasteiger partial charge is 0.372 e. The third-order valence-electron chi connectivity index (χ3n) is 2.23. The number of aliphatic carboxylic acids is 1. The highest BCUT2D eigenvalue weighted by Gasteiger charge is 2.16. The van der Waals surface area contributed by atoms with Gasteiger partial charge in [-0.05, 0) is 18.1 Å². The van der Waals surface area contributed by atoms with E-state index in [2.05, 4.69) is 0 Å². The number of hydrogen-bond acceptors (Lipinski definition) is 3. The average Bonchev–Trinajstić information content (AvgIpc) is 2.27. The van der Waals surface area contributed by atoms with Crippen LogP contribution in [0, 0.1) is 0 Å². The molecule has 0 saturated heterocycles. The topological polar surface area (TPSA) is 71.4 Å². The fraction of sp³-hybridized carbons (Fsp3) is 0.250. The minimum absolute atomic E-state index is 0.114. The van der Waals surface area contributed by atoms with Crippen LogP contribution in [-0.4, -0.2) is 22.6 Å². The molecular formula is C12H11ClO4. The molecule has 0 atom stereocenters. The van der Waals surface area contributed by atoms with Gasteiger partial charge in [0.1, 0.15) is 5.78 Å². The summed E-state index contributed by atoms with van der Waals surface area (Å²) in [6, 6.07) is 7.08. The van der Waals surface area contributed by atoms with E-state index >= 15 is 0 Å². The number of rotatable bonds is 6. The molecule has 4 nitrogen and oxygen atoms in total. The number of ketones is 2. The van der Waals surface area contributed by atoms with Crippen molar-refractivity contribution in [3.05, 3.63) is 34.9 Å². The number of carbonyl (C=O) groups is 3. The Morgan fingerprint density at radius 2 is 1.82 bits per heavy atom. The fourth-order valence-electron chi connectivity index (χ4n) is 1.32. The maximum atomic E-state index is 11.3. The summed E-state index contributed by atoms with van der Waals surface area (Å²) in [6.07, 6.45) is -0.0338. The molecule has 1 aromatic carbocycles. The summed E-state index contributed by atoms with van der Waals surface area (Å²) < 4.78 is 0. The van der Waals surface area contributed by atoms with Crippen molar-refractivity contribution >= 4 is 29.1 Å². The molecule has 0 heterocycles. The molecule has 0 aliphatic rings. The molecule has 0 radical (unpaired) electrons. The van der Waals surface area contributed by atoms with Crippen LogP contribution in [0.2, 0.25) is 5.02 Å². The largest absolute Gasteiger partial charge is 0.475 e. The Morgan fingerprint density at radius 3 is 2.41 bits per heavy atom. The van der Waals surface area contributed by atoms with E-state index < -0.39 is 24.0 Å². The Morgan fingerprint density at radius 1 is 1.18 bits per heavy atom. The zero-order valence-electron chi connectivity index (χ0n) is 8.98. The van der Waals surface area contributed by atoms with Crippen molar-refractivity contribution in [1.29, 1.82) is 0 Å². The molecule has 0 amide bonds. The molecule has 0 aliphatic heterocycles. The number of benzene rings is 1. The van der Waals surface area contributed by atoms with Gasteiger partial charge in [0, 0.05) is 11.4 Å². The molecule has 0 fully saturated rings. The number of hydrogen-bond donors (Lipinski definition) is 1. The van der Waals surface area contributed by atoms with E-state index in [1.807, 2.05) is 0 Å². The SMILES string of the molecule is O=C(CCc1ccccc1Cl)CC(=O)C(=O)O. The van der Waals surface area contributed by atoms with Crippen LogP contribution in [0.25, 0.3) is 0 Å². The van der Waals surface area contributed by atoms with Gasteiger partial charge in [0.2, 0.25) is 5.78 Å². The first-order valence-electron chi connectivity index (χ1n) is 5.02. The van der Waals surface area contributed by atoms with E-state index in [9.17, 15) is 14.4 Å². The lowest BCUT2D eigenvalue weighted by Crippen LogP contribution is -2.17. The maximum absolute atomic E-state index is 11.3. The van der Waals surface area contributed by atoms with Crippen LogP contribution in [0.1, 0.15) is 18.4 Å². The Bertz CT molecular complexity index is 454. The number of aryl methyl sites for hydroxylation is 1. The number of Topliss-reactive ketones (excluding diaryl/α,β-unsaturated/α-hetero) is 2. The summed E-state index contributed by atoms with van der Waals surface area (Å²) >= 11 is 5.89. The van der Waals surface area contributed by atoms with Crippen molar-refractivity contribution < 1.29 is 19.5 Å². The van der Waals surface area contributed by atoms with E-state index in [1.54, 1.807) is 24.3 Å². The summed E-state index contributed by atoms with van der Waals surface area (Å²) in [7, 11) is 0. The quantitative estimate of drug-likeness (QED) is 0.622. The molecule has 1 rings (SSSR count). The molecule has 90 valence electrons. The molecular weight excluding hydrogens is 244 g/mol. The van der Waals surface area contributed by atoms with Gasteiger partial charge in [-0.25, -0.2) is 4.79 Å². The molecule has 0 unspecified atom stereocenters. The van der Waals surface area contributed by atoms with Crippen LogP contribution in [0.15, 0.2) is 24.3 Å². The van der Waals surface area contributed by atoms with Gasteiger partial charge in [-0.1, -0.05) is 29.8 Å². The van der Waals surface area contributed by atoms with Crippen molar-refractivity contribution in [3.63, 3.8) is 0 Å². The van der Waals surface area contributed by atoms with Crippen LogP contribution in [0.4, 0.5) is 0 Å². The van der Waals surface area contributed by atoms with Gasteiger partial charge in [-0.15, -0.1) is 0 Å². The highest BCUT2D eigenvalue weighted by Crippen LogP contribution is 2.16. The van der Waals surface area contributed by atoms with Crippen LogP contribution < -0.4 is 0 Å². The number of carbonyl (C=O) groups excluding carboxylic acids is 2. The predicted octanol–water partition coefficient (Wildman–Crippen LogP) is 1.89. The summed E-state index contributed by atoms with van der Waals surface area (Å²) in [5.74, 6) is -3.04. The minimum atomic E-state index is -1.57. The second-order valence-corrected chi connectivity index (χ2v) is 3.94. The van der Waals surface area contributed by atoms with Gasteiger partial charge >= 0.3 is 5.97 Å². The van der Waals surface area contributed by atoms with Crippen molar-refractivity contribution in [2.45, 2.75) is 19.3 Å². The fourth-order valence-corrected chi connectivity index (χ4v) is 1.55. The lowest BCUT2D eigenvalue weighted by molar-refractivity contribution is -0.150. The highest BCUT2D eigenvalue weighted by atomic mass is 35.5. The minimum Gasteiger partial charge on any atom is -0.475 e. The van der Waals surface area contributed by atoms with Crippen LogP contribution >= 0.6 is 11.6 Å². The Balaban J connectivity index is 2.47. The first-order valence-corrected chi connectivity index (χ1v) is 5.39. The van der Waals surface area contributed by atoms with Crippen LogP contribution in [0.5, 0.6) is 0 Å². The molecule has 5 heteroatoms. The first-order chi connectivity index (χ1) is 8.00. The second kappa shape index (κ2) is 6.15. The zero-order chi connectivity index (χ0) is 12.8. The molecule has 0 spiro atoms. The molecule has 1 aromatic rings. The summed E-state index contributed by atoms with van der Waals surface area (Å²) in [4.78, 5) is 32.3. The lowest BCUT2D eigenvalue weighted by atomic mass is 10.0. The molecule has 17 heavy (non-hydrogen) atoms. The standard InChI is InChI=1S/C12H11ClO4/c13-10-4-2-1-3-8(10)5-6-9(14)7-11(15)12(16)17/h1-4H,5-7H2,(H,16,17). The Labute approximate surface area is 103 Å². The molecule has 1 N–H and O–H groups in total. The van der Waals surface area contributed by atoms with Crippen LogP contribution in [-0.2, 0) is 20.8 Å². The zero-order valence-corrected chi connectivity index (χ0v) is 9.74. The third-order valence-corrected chi connectivity index (χ3v) is 2.60. The van der Waals surface area contributed by atoms with E-state index in [0.717, 1.165) is 5.56 Å². The van der Waals surface area contributed by atoms with Crippen molar-refractivity contribution in [2.75, 3.05) is 0 Å². The predicted molar refractivity (Wildman–Crippen MR) is 62.0 cm³/mol. The van der Waals surface area contributed by atoms with Gasteiger partial charge < -0.3 is 5.11 Å². The van der Waals surface area contributed by atoms with Gasteiger partial charge in [0.15, 0.2) is 0 Å². The van der Waals surface area contributed by atoms with E-state index in [1.165, 1.54) is 0 Å². The Hall–Kier alpha value is -1.68.